The number of benzene rings is 2. The molecule has 0 bridgehead atoms. The van der Waals surface area contributed by atoms with Gasteiger partial charge >= 0.3 is 0 Å². The Bertz CT molecular complexity index is 971. The first-order valence-corrected chi connectivity index (χ1v) is 9.22. The molecule has 0 fully saturated rings. The van der Waals surface area contributed by atoms with Crippen molar-refractivity contribution in [2.75, 3.05) is 24.4 Å². The fourth-order valence-electron chi connectivity index (χ4n) is 2.78. The first-order chi connectivity index (χ1) is 13.5. The summed E-state index contributed by atoms with van der Waals surface area (Å²) in [5.41, 5.74) is 0.791. The van der Waals surface area contributed by atoms with E-state index < -0.39 is 16.7 Å². The lowest BCUT2D eigenvalue weighted by Gasteiger charge is -2.16. The number of amides is 2. The number of nitro groups is 1. The summed E-state index contributed by atoms with van der Waals surface area (Å²) in [6.45, 7) is -0.164. The number of thioether (sulfide) groups is 1. The highest BCUT2D eigenvalue weighted by Gasteiger charge is 2.40. The van der Waals surface area contributed by atoms with Gasteiger partial charge in [0.05, 0.1) is 34.8 Å². The zero-order chi connectivity index (χ0) is 20.3. The monoisotopic (exact) mass is 400 g/mol. The third-order valence-corrected chi connectivity index (χ3v) is 5.11. The van der Waals surface area contributed by atoms with Crippen molar-refractivity contribution in [2.24, 2.45) is 0 Å². The average Bonchev–Trinajstić information content (AvgIpc) is 2.96. The summed E-state index contributed by atoms with van der Waals surface area (Å²) in [6, 6.07) is 12.0. The van der Waals surface area contributed by atoms with E-state index in [-0.39, 0.29) is 28.5 Å². The quantitative estimate of drug-likeness (QED) is 0.432. The number of nitrogens with zero attached hydrogens (tertiary/aromatic N) is 2. The van der Waals surface area contributed by atoms with Gasteiger partial charge in [0.2, 0.25) is 0 Å². The Labute approximate surface area is 164 Å². The van der Waals surface area contributed by atoms with Crippen molar-refractivity contribution in [3.63, 3.8) is 0 Å². The van der Waals surface area contributed by atoms with Gasteiger partial charge in [-0.15, -0.1) is 11.8 Å². The molecular formula is C19H16N2O6S. The van der Waals surface area contributed by atoms with Crippen molar-refractivity contribution in [2.45, 2.75) is 0 Å². The zero-order valence-electron chi connectivity index (χ0n) is 14.8. The van der Waals surface area contributed by atoms with Gasteiger partial charge in [-0.2, -0.15) is 0 Å². The molecule has 0 aromatic heterocycles. The summed E-state index contributed by atoms with van der Waals surface area (Å²) in [6.07, 6.45) is 0. The first kappa shape index (κ1) is 19.6. The highest BCUT2D eigenvalue weighted by Crippen LogP contribution is 2.39. The molecule has 0 unspecified atom stereocenters. The van der Waals surface area contributed by atoms with E-state index in [0.717, 1.165) is 16.7 Å². The third-order valence-electron chi connectivity index (χ3n) is 4.06. The van der Waals surface area contributed by atoms with Gasteiger partial charge in [0, 0.05) is 24.0 Å². The van der Waals surface area contributed by atoms with Crippen LogP contribution in [-0.4, -0.2) is 41.3 Å². The van der Waals surface area contributed by atoms with E-state index in [0.29, 0.717) is 17.0 Å². The Hall–Kier alpha value is -3.17. The summed E-state index contributed by atoms with van der Waals surface area (Å²) in [7, 11) is 1.48. The van der Waals surface area contributed by atoms with Gasteiger partial charge in [-0.25, -0.2) is 4.90 Å². The average molecular weight is 400 g/mol. The van der Waals surface area contributed by atoms with Crippen molar-refractivity contribution in [1.29, 1.82) is 0 Å². The minimum absolute atomic E-state index is 0.115. The molecule has 3 rings (SSSR count). The molecule has 0 saturated heterocycles. The number of hydrogen-bond acceptors (Lipinski definition) is 7. The number of aliphatic hydroxyl groups is 1. The smallest absolute Gasteiger partial charge is 0.272 e. The Morgan fingerprint density at radius 1 is 1.14 bits per heavy atom. The van der Waals surface area contributed by atoms with Gasteiger partial charge in [-0.05, 0) is 29.8 Å². The summed E-state index contributed by atoms with van der Waals surface area (Å²) in [5, 5.41) is 20.0. The molecule has 0 radical (unpaired) electrons. The van der Waals surface area contributed by atoms with Crippen LogP contribution in [0.4, 0.5) is 11.4 Å². The second-order valence-electron chi connectivity index (χ2n) is 5.73. The molecule has 2 aromatic carbocycles. The summed E-state index contributed by atoms with van der Waals surface area (Å²) in [5.74, 6) is -0.319. The number of ether oxygens (including phenoxy) is 1. The predicted octanol–water partition coefficient (Wildman–Crippen LogP) is 2.61. The number of aliphatic hydroxyl groups excluding tert-OH is 1. The van der Waals surface area contributed by atoms with Gasteiger partial charge in [-0.3, -0.25) is 19.7 Å². The summed E-state index contributed by atoms with van der Waals surface area (Å²) >= 11 is 1.07. The number of nitro benzene ring substituents is 1. The second-order valence-corrected chi connectivity index (χ2v) is 6.83. The van der Waals surface area contributed by atoms with Crippen LogP contribution in [0.1, 0.15) is 5.56 Å². The van der Waals surface area contributed by atoms with Crippen LogP contribution in [0, 0.1) is 10.1 Å². The van der Waals surface area contributed by atoms with Crippen molar-refractivity contribution in [3.8, 4) is 5.75 Å². The van der Waals surface area contributed by atoms with Gasteiger partial charge in [-0.1, -0.05) is 6.07 Å². The number of carbonyl (C=O) groups is 2. The molecule has 0 aliphatic carbocycles. The predicted molar refractivity (Wildman–Crippen MR) is 105 cm³/mol. The van der Waals surface area contributed by atoms with E-state index >= 15 is 0 Å². The molecule has 0 atom stereocenters. The van der Waals surface area contributed by atoms with Crippen molar-refractivity contribution < 1.29 is 24.4 Å². The molecule has 28 heavy (non-hydrogen) atoms. The minimum atomic E-state index is -0.538. The van der Waals surface area contributed by atoms with Crippen molar-refractivity contribution in [3.05, 3.63) is 69.1 Å². The summed E-state index contributed by atoms with van der Waals surface area (Å²) in [4.78, 5) is 37.6. The molecule has 0 spiro atoms. The fourth-order valence-corrected chi connectivity index (χ4v) is 3.64. The highest BCUT2D eigenvalue weighted by molar-refractivity contribution is 8.04. The molecule has 2 aromatic rings. The molecule has 144 valence electrons. The SMILES string of the molecule is COc1cccc(N2C(=O)C(SCCO)=C(c3ccc([N+](=O)[O-])cc3)C2=O)c1. The highest BCUT2D eigenvalue weighted by atomic mass is 32.2. The Balaban J connectivity index is 2.05. The van der Waals surface area contributed by atoms with Gasteiger partial charge in [0.1, 0.15) is 5.75 Å². The maximum absolute atomic E-state index is 13.1. The van der Waals surface area contributed by atoms with E-state index in [9.17, 15) is 19.7 Å². The number of non-ortho nitro benzene ring substituents is 1. The lowest BCUT2D eigenvalue weighted by atomic mass is 10.1. The molecule has 9 heteroatoms. The summed E-state index contributed by atoms with van der Waals surface area (Å²) < 4.78 is 5.16. The van der Waals surface area contributed by atoms with E-state index in [4.69, 9.17) is 9.84 Å². The van der Waals surface area contributed by atoms with Crippen LogP contribution in [-0.2, 0) is 9.59 Å². The molecular weight excluding hydrogens is 384 g/mol. The topological polar surface area (TPSA) is 110 Å². The first-order valence-electron chi connectivity index (χ1n) is 8.23. The van der Waals surface area contributed by atoms with Gasteiger partial charge < -0.3 is 9.84 Å². The lowest BCUT2D eigenvalue weighted by molar-refractivity contribution is -0.384. The van der Waals surface area contributed by atoms with Crippen LogP contribution >= 0.6 is 11.8 Å². The zero-order valence-corrected chi connectivity index (χ0v) is 15.6. The van der Waals surface area contributed by atoms with E-state index in [2.05, 4.69) is 0 Å². The van der Waals surface area contributed by atoms with Crippen molar-refractivity contribution >= 4 is 40.5 Å². The normalized spacial score (nSPS) is 14.0. The molecule has 2 amide bonds. The van der Waals surface area contributed by atoms with Crippen LogP contribution in [0.5, 0.6) is 5.75 Å². The van der Waals surface area contributed by atoms with E-state index in [1.807, 2.05) is 0 Å². The Kier molecular flexibility index (Phi) is 5.76. The van der Waals surface area contributed by atoms with Crippen molar-refractivity contribution in [1.82, 2.24) is 0 Å². The minimum Gasteiger partial charge on any atom is -0.497 e. The molecule has 1 aliphatic heterocycles. The molecule has 8 nitrogen and oxygen atoms in total. The van der Waals surface area contributed by atoms with Crippen LogP contribution in [0.15, 0.2) is 53.4 Å². The van der Waals surface area contributed by atoms with Crippen LogP contribution in [0.2, 0.25) is 0 Å². The molecule has 1 N–H and O–H groups in total. The largest absolute Gasteiger partial charge is 0.497 e. The van der Waals surface area contributed by atoms with Gasteiger partial charge in [0.15, 0.2) is 0 Å². The van der Waals surface area contributed by atoms with E-state index in [1.165, 1.54) is 31.4 Å². The number of hydrogen-bond donors (Lipinski definition) is 1. The lowest BCUT2D eigenvalue weighted by Crippen LogP contribution is -2.31. The molecule has 1 aliphatic rings. The molecule has 1 heterocycles. The number of methoxy groups -OCH3 is 1. The Morgan fingerprint density at radius 2 is 1.86 bits per heavy atom. The maximum Gasteiger partial charge on any atom is 0.272 e. The molecule has 0 saturated carbocycles. The van der Waals surface area contributed by atoms with Crippen LogP contribution in [0.25, 0.3) is 5.57 Å². The maximum atomic E-state index is 13.1. The number of carbonyl (C=O) groups excluding carboxylic acids is 2. The third kappa shape index (κ3) is 3.62. The number of imide groups is 1. The standard InChI is InChI=1S/C19H16N2O6S/c1-27-15-4-2-3-14(11-15)20-18(23)16(17(19(20)24)28-10-9-22)12-5-7-13(8-6-12)21(25)26/h2-8,11,22H,9-10H2,1H3. The van der Waals surface area contributed by atoms with Gasteiger partial charge in [0.25, 0.3) is 17.5 Å². The van der Waals surface area contributed by atoms with Crippen LogP contribution < -0.4 is 9.64 Å². The van der Waals surface area contributed by atoms with Crippen LogP contribution in [0.3, 0.4) is 0 Å². The van der Waals surface area contributed by atoms with E-state index in [1.54, 1.807) is 24.3 Å². The Morgan fingerprint density at radius 3 is 2.46 bits per heavy atom. The second kappa shape index (κ2) is 8.24. The fraction of sp³-hybridized carbons (Fsp3) is 0.158. The number of anilines is 1. The number of rotatable bonds is 7.